The summed E-state index contributed by atoms with van der Waals surface area (Å²) in [5.41, 5.74) is 3.01. The average molecular weight is 585 g/mol. The van der Waals surface area contributed by atoms with Gasteiger partial charge >= 0.3 is 0 Å². The van der Waals surface area contributed by atoms with E-state index in [0.29, 0.717) is 29.2 Å². The van der Waals surface area contributed by atoms with Crippen molar-refractivity contribution in [2.45, 2.75) is 51.0 Å². The van der Waals surface area contributed by atoms with E-state index in [4.69, 9.17) is 10.00 Å². The molecule has 2 N–H and O–H groups in total. The molecule has 0 bridgehead atoms. The largest absolute Gasteiger partial charge is 0.476 e. The molecule has 11 heteroatoms. The molecule has 1 saturated carbocycles. The fraction of sp³-hybridized carbons (Fsp3) is 0.531. The molecule has 0 atom stereocenters. The van der Waals surface area contributed by atoms with Crippen LogP contribution in [0.15, 0.2) is 41.5 Å². The fourth-order valence-electron chi connectivity index (χ4n) is 6.58. The Hall–Kier alpha value is -4.01. The van der Waals surface area contributed by atoms with E-state index in [0.717, 1.165) is 82.5 Å². The van der Waals surface area contributed by atoms with Crippen LogP contribution < -0.4 is 15.7 Å². The molecule has 1 aromatic carbocycles. The Balaban J connectivity index is 1.25. The number of fused-ring (bicyclic) bond motifs is 1. The molecular weight excluding hydrogens is 544 g/mol. The maximum Gasteiger partial charge on any atom is 0.280 e. The first-order valence-corrected chi connectivity index (χ1v) is 15.6. The molecule has 6 rings (SSSR count). The number of aromatic amines is 1. The van der Waals surface area contributed by atoms with Gasteiger partial charge in [0.1, 0.15) is 6.61 Å². The van der Waals surface area contributed by atoms with Gasteiger partial charge in [0.15, 0.2) is 0 Å². The van der Waals surface area contributed by atoms with Gasteiger partial charge in [-0.25, -0.2) is 4.98 Å². The number of rotatable bonds is 7. The number of carbonyl (C=O) groups is 2. The third-order valence-electron chi connectivity index (χ3n) is 9.01. The Morgan fingerprint density at radius 3 is 2.49 bits per heavy atom. The highest BCUT2D eigenvalue weighted by molar-refractivity contribution is 5.95. The highest BCUT2D eigenvalue weighted by atomic mass is 16.5. The summed E-state index contributed by atoms with van der Waals surface area (Å²) in [4.78, 5) is 43.2. The summed E-state index contributed by atoms with van der Waals surface area (Å²) >= 11 is 0. The third kappa shape index (κ3) is 6.81. The second kappa shape index (κ2) is 13.5. The van der Waals surface area contributed by atoms with Crippen LogP contribution in [0.4, 0.5) is 0 Å². The lowest BCUT2D eigenvalue weighted by Gasteiger charge is -2.34. The summed E-state index contributed by atoms with van der Waals surface area (Å²) in [7, 11) is 0. The van der Waals surface area contributed by atoms with Gasteiger partial charge in [0.05, 0.1) is 28.9 Å². The van der Waals surface area contributed by atoms with Crippen molar-refractivity contribution >= 4 is 22.8 Å². The van der Waals surface area contributed by atoms with Gasteiger partial charge in [-0.3, -0.25) is 14.5 Å². The van der Waals surface area contributed by atoms with Crippen molar-refractivity contribution in [1.82, 2.24) is 29.7 Å². The molecule has 2 saturated heterocycles. The molecule has 3 fully saturated rings. The Bertz CT molecular complexity index is 1530. The van der Waals surface area contributed by atoms with Crippen LogP contribution in [0.1, 0.15) is 66.9 Å². The van der Waals surface area contributed by atoms with E-state index < -0.39 is 5.91 Å². The number of imidazole rings is 1. The highest BCUT2D eigenvalue weighted by Crippen LogP contribution is 2.34. The number of nitriles is 1. The highest BCUT2D eigenvalue weighted by Gasteiger charge is 2.31. The molecule has 3 aromatic rings. The Kier molecular flexibility index (Phi) is 9.15. The standard InChI is InChI=1S/C32H40N8O3/c33-21-23-4-6-24(7-5-23)30(41)37-32-36-27-22-35-29(43-19-18-38-14-2-1-3-15-38)20-28(27)40(32)26-10-8-25(9-11-26)31(42)39-16-12-34-13-17-39/h4-7,20,22,25-26,34H,1-3,8-19H2,(H,36,37,41)/t25-,26+. The van der Waals surface area contributed by atoms with Crippen molar-refractivity contribution in [3.8, 4) is 11.9 Å². The van der Waals surface area contributed by atoms with Gasteiger partial charge < -0.3 is 24.5 Å². The van der Waals surface area contributed by atoms with Gasteiger partial charge in [-0.2, -0.15) is 10.3 Å². The van der Waals surface area contributed by atoms with Gasteiger partial charge in [0.2, 0.25) is 17.4 Å². The van der Waals surface area contributed by atoms with E-state index in [1.54, 1.807) is 30.5 Å². The first-order chi connectivity index (χ1) is 21.1. The van der Waals surface area contributed by atoms with Crippen molar-refractivity contribution in [3.63, 3.8) is 0 Å². The fourth-order valence-corrected chi connectivity index (χ4v) is 6.58. The first kappa shape index (κ1) is 29.1. The van der Waals surface area contributed by atoms with Gasteiger partial charge in [0.25, 0.3) is 5.91 Å². The Morgan fingerprint density at radius 2 is 1.77 bits per heavy atom. The molecule has 11 nitrogen and oxygen atoms in total. The van der Waals surface area contributed by atoms with E-state index in [2.05, 4.69) is 35.8 Å². The lowest BCUT2D eigenvalue weighted by Crippen LogP contribution is -2.49. The minimum atomic E-state index is -0.390. The number of aromatic nitrogens is 3. The molecule has 0 radical (unpaired) electrons. The number of hydrogen-bond acceptors (Lipinski definition) is 7. The van der Waals surface area contributed by atoms with Crippen LogP contribution in [-0.2, 0) is 4.79 Å². The zero-order chi connectivity index (χ0) is 29.6. The molecule has 4 heterocycles. The number of piperidine rings is 1. The summed E-state index contributed by atoms with van der Waals surface area (Å²) in [5.74, 6) is 0.442. The number of amides is 2. The predicted molar refractivity (Wildman–Crippen MR) is 161 cm³/mol. The third-order valence-corrected chi connectivity index (χ3v) is 9.01. The summed E-state index contributed by atoms with van der Waals surface area (Å²) in [6.45, 7) is 6.90. The van der Waals surface area contributed by atoms with Crippen LogP contribution in [0.2, 0.25) is 0 Å². The maximum absolute atomic E-state index is 13.2. The summed E-state index contributed by atoms with van der Waals surface area (Å²) in [6, 6.07) is 10.6. The van der Waals surface area contributed by atoms with E-state index in [1.807, 2.05) is 11.0 Å². The molecule has 1 aliphatic carbocycles. The number of nitrogens with zero attached hydrogens (tertiary/aromatic N) is 6. The molecular formula is C32H40N8O3. The second-order valence-corrected chi connectivity index (χ2v) is 11.8. The van der Waals surface area contributed by atoms with Crippen LogP contribution in [0.5, 0.6) is 5.88 Å². The van der Waals surface area contributed by atoms with Gasteiger partial charge in [-0.15, -0.1) is 0 Å². The number of benzene rings is 1. The maximum atomic E-state index is 13.2. The Labute approximate surface area is 251 Å². The molecule has 3 aliphatic rings. The van der Waals surface area contributed by atoms with Crippen molar-refractivity contribution in [2.75, 3.05) is 52.4 Å². The van der Waals surface area contributed by atoms with Crippen molar-refractivity contribution in [2.24, 2.45) is 10.9 Å². The van der Waals surface area contributed by atoms with Crippen molar-refractivity contribution in [1.29, 1.82) is 5.26 Å². The molecule has 2 amide bonds. The van der Waals surface area contributed by atoms with Crippen molar-refractivity contribution in [3.05, 3.63) is 53.3 Å². The number of ether oxygens (including phenoxy) is 1. The smallest absolute Gasteiger partial charge is 0.280 e. The molecule has 43 heavy (non-hydrogen) atoms. The molecule has 0 spiro atoms. The van der Waals surface area contributed by atoms with Gasteiger partial charge in [0, 0.05) is 56.3 Å². The number of nitrogens with one attached hydrogen (secondary N) is 2. The van der Waals surface area contributed by atoms with Crippen molar-refractivity contribution < 1.29 is 14.3 Å². The minimum absolute atomic E-state index is 0.0242. The van der Waals surface area contributed by atoms with Crippen LogP contribution in [0.3, 0.4) is 0 Å². The van der Waals surface area contributed by atoms with E-state index in [1.165, 1.54) is 19.3 Å². The topological polar surface area (TPSA) is 132 Å². The average Bonchev–Trinajstić information content (AvgIpc) is 3.42. The monoisotopic (exact) mass is 584 g/mol. The molecule has 2 aromatic heterocycles. The van der Waals surface area contributed by atoms with Crippen LogP contribution in [-0.4, -0.2) is 88.6 Å². The number of H-pyrrole nitrogens is 1. The lowest BCUT2D eigenvalue weighted by molar-refractivity contribution is -0.137. The number of carbonyl (C=O) groups excluding carboxylic acids is 2. The van der Waals surface area contributed by atoms with E-state index in [-0.39, 0.29) is 17.9 Å². The van der Waals surface area contributed by atoms with Crippen LogP contribution >= 0.6 is 0 Å². The first-order valence-electron chi connectivity index (χ1n) is 15.6. The number of piperazine rings is 1. The molecule has 226 valence electrons. The zero-order valence-electron chi connectivity index (χ0n) is 24.6. The normalized spacial score (nSPS) is 21.9. The predicted octanol–water partition coefficient (Wildman–Crippen LogP) is 3.00. The summed E-state index contributed by atoms with van der Waals surface area (Å²) in [5, 5.41) is 12.4. The minimum Gasteiger partial charge on any atom is -0.476 e. The van der Waals surface area contributed by atoms with Crippen LogP contribution in [0.25, 0.3) is 11.0 Å². The van der Waals surface area contributed by atoms with Gasteiger partial charge in [-0.05, 0) is 75.9 Å². The van der Waals surface area contributed by atoms with Crippen LogP contribution in [0, 0.1) is 17.2 Å². The quantitative estimate of drug-likeness (QED) is 0.436. The second-order valence-electron chi connectivity index (χ2n) is 11.8. The molecule has 2 aliphatic heterocycles. The van der Waals surface area contributed by atoms with E-state index >= 15 is 0 Å². The summed E-state index contributed by atoms with van der Waals surface area (Å²) < 4.78 is 8.20. The van der Waals surface area contributed by atoms with E-state index in [9.17, 15) is 9.59 Å². The number of hydrogen-bond donors (Lipinski definition) is 2. The SMILES string of the molecule is N#Cc1ccc(C(=O)/N=c2\[nH]c3cnc(OCCN4CCCCC4)cc3n2[C@H]2CC[C@@H](C(=O)N3CCNCC3)CC2)cc1. The Morgan fingerprint density at radius 1 is 1.02 bits per heavy atom. The lowest BCUT2D eigenvalue weighted by atomic mass is 9.85. The number of likely N-dealkylation sites (tertiary alicyclic amines) is 1. The molecule has 0 unspecified atom stereocenters. The number of pyridine rings is 1. The summed E-state index contributed by atoms with van der Waals surface area (Å²) in [6.07, 6.45) is 8.72. The zero-order valence-corrected chi connectivity index (χ0v) is 24.6. The van der Waals surface area contributed by atoms with Gasteiger partial charge in [-0.1, -0.05) is 6.42 Å².